The van der Waals surface area contributed by atoms with Crippen LogP contribution in [-0.2, 0) is 0 Å². The van der Waals surface area contributed by atoms with Crippen LogP contribution >= 0.6 is 11.8 Å². The van der Waals surface area contributed by atoms with Crippen LogP contribution in [0.1, 0.15) is 33.6 Å². The molecule has 0 heterocycles. The Morgan fingerprint density at radius 3 is 2.60 bits per heavy atom. The quantitative estimate of drug-likeness (QED) is 0.474. The third kappa shape index (κ3) is 6.43. The Labute approximate surface area is 69.0 Å². The van der Waals surface area contributed by atoms with Crippen LogP contribution in [-0.4, -0.2) is 17.7 Å². The molecule has 0 aromatic carbocycles. The fourth-order valence-electron chi connectivity index (χ4n) is 0.568. The van der Waals surface area contributed by atoms with Gasteiger partial charge in [-0.2, -0.15) is 0 Å². The molecule has 1 nitrogen and oxygen atoms in total. The highest BCUT2D eigenvalue weighted by atomic mass is 32.2. The van der Waals surface area contributed by atoms with E-state index in [1.54, 1.807) is 0 Å². The van der Waals surface area contributed by atoms with Crippen molar-refractivity contribution >= 4 is 11.8 Å². The lowest BCUT2D eigenvalue weighted by atomic mass is 10.4. The average molecular weight is 161 g/mol. The summed E-state index contributed by atoms with van der Waals surface area (Å²) in [6.45, 7) is 7.86. The lowest BCUT2D eigenvalue weighted by molar-refractivity contribution is 0.753. The van der Waals surface area contributed by atoms with E-state index in [0.717, 1.165) is 17.7 Å². The lowest BCUT2D eigenvalue weighted by Crippen LogP contribution is -2.15. The normalized spacial score (nSPS) is 13.5. The predicted molar refractivity (Wildman–Crippen MR) is 50.5 cm³/mol. The van der Waals surface area contributed by atoms with Crippen molar-refractivity contribution in [1.29, 1.82) is 0 Å². The first-order valence-corrected chi connectivity index (χ1v) is 5.18. The first-order valence-electron chi connectivity index (χ1n) is 4.13. The topological polar surface area (TPSA) is 12.0 Å². The molecule has 0 rings (SSSR count). The summed E-state index contributed by atoms with van der Waals surface area (Å²) in [4.78, 5) is 0. The monoisotopic (exact) mass is 161 g/mol. The zero-order valence-corrected chi connectivity index (χ0v) is 8.13. The molecule has 1 N–H and O–H groups in total. The zero-order chi connectivity index (χ0) is 7.82. The highest BCUT2D eigenvalue weighted by Crippen LogP contribution is 2.10. The molecule has 0 aliphatic heterocycles. The molecule has 0 aliphatic carbocycles. The molecule has 0 bridgehead atoms. The number of nitrogens with one attached hydrogen (secondary N) is 1. The average Bonchev–Trinajstić information content (AvgIpc) is 1.98. The summed E-state index contributed by atoms with van der Waals surface area (Å²) in [6.07, 6.45) is 2.51. The SMILES string of the molecule is CCCNCSC(C)CC. The van der Waals surface area contributed by atoms with Crippen molar-refractivity contribution in [3.8, 4) is 0 Å². The Morgan fingerprint density at radius 2 is 2.10 bits per heavy atom. The summed E-state index contributed by atoms with van der Waals surface area (Å²) in [6, 6.07) is 0. The summed E-state index contributed by atoms with van der Waals surface area (Å²) in [5.74, 6) is 1.11. The Hall–Kier alpha value is 0.310. The number of thioether (sulfide) groups is 1. The van der Waals surface area contributed by atoms with Gasteiger partial charge in [-0.1, -0.05) is 20.8 Å². The van der Waals surface area contributed by atoms with Crippen LogP contribution in [0.15, 0.2) is 0 Å². The maximum Gasteiger partial charge on any atom is 0.0420 e. The van der Waals surface area contributed by atoms with E-state index in [1.807, 2.05) is 11.8 Å². The summed E-state index contributed by atoms with van der Waals surface area (Å²) in [5.41, 5.74) is 0. The van der Waals surface area contributed by atoms with Crippen LogP contribution in [0, 0.1) is 0 Å². The van der Waals surface area contributed by atoms with Crippen LogP contribution in [0.4, 0.5) is 0 Å². The van der Waals surface area contributed by atoms with Crippen LogP contribution in [0.5, 0.6) is 0 Å². The molecule has 0 saturated carbocycles. The molecule has 1 atom stereocenters. The van der Waals surface area contributed by atoms with E-state index in [2.05, 4.69) is 26.1 Å². The largest absolute Gasteiger partial charge is 0.308 e. The highest BCUT2D eigenvalue weighted by molar-refractivity contribution is 7.99. The number of rotatable bonds is 6. The second-order valence-corrected chi connectivity index (χ2v) is 3.96. The molecule has 0 radical (unpaired) electrons. The molecule has 0 aromatic rings. The summed E-state index contributed by atoms with van der Waals surface area (Å²) in [5, 5.41) is 4.17. The van der Waals surface area contributed by atoms with E-state index in [1.165, 1.54) is 12.8 Å². The van der Waals surface area contributed by atoms with E-state index in [4.69, 9.17) is 0 Å². The van der Waals surface area contributed by atoms with Crippen molar-refractivity contribution in [1.82, 2.24) is 5.32 Å². The number of hydrogen-bond donors (Lipinski definition) is 1. The number of hydrogen-bond acceptors (Lipinski definition) is 2. The van der Waals surface area contributed by atoms with Gasteiger partial charge in [0.25, 0.3) is 0 Å². The van der Waals surface area contributed by atoms with Crippen molar-refractivity contribution < 1.29 is 0 Å². The molecule has 1 unspecified atom stereocenters. The van der Waals surface area contributed by atoms with Gasteiger partial charge in [-0.05, 0) is 19.4 Å². The molecular formula is C8H19NS. The standard InChI is InChI=1S/C8H19NS/c1-4-6-9-7-10-8(3)5-2/h8-9H,4-7H2,1-3H3. The van der Waals surface area contributed by atoms with E-state index in [9.17, 15) is 0 Å². The molecule has 0 spiro atoms. The second-order valence-electron chi connectivity index (χ2n) is 2.53. The molecule has 0 aromatic heterocycles. The Kier molecular flexibility index (Phi) is 7.65. The Morgan fingerprint density at radius 1 is 1.40 bits per heavy atom. The lowest BCUT2D eigenvalue weighted by Gasteiger charge is -2.07. The summed E-state index contributed by atoms with van der Waals surface area (Å²) < 4.78 is 0. The van der Waals surface area contributed by atoms with Gasteiger partial charge < -0.3 is 5.32 Å². The first-order chi connectivity index (χ1) is 4.81. The minimum Gasteiger partial charge on any atom is -0.308 e. The first kappa shape index (κ1) is 10.3. The minimum absolute atomic E-state index is 0.810. The minimum atomic E-state index is 0.810. The van der Waals surface area contributed by atoms with Gasteiger partial charge in [0.05, 0.1) is 0 Å². The van der Waals surface area contributed by atoms with E-state index >= 15 is 0 Å². The van der Waals surface area contributed by atoms with Gasteiger partial charge in [-0.25, -0.2) is 0 Å². The Balaban J connectivity index is 2.89. The smallest absolute Gasteiger partial charge is 0.0420 e. The fraction of sp³-hybridized carbons (Fsp3) is 1.00. The maximum absolute atomic E-state index is 3.36. The molecule has 0 aliphatic rings. The Bertz CT molecular complexity index is 66.3. The summed E-state index contributed by atoms with van der Waals surface area (Å²) in [7, 11) is 0. The second kappa shape index (κ2) is 7.42. The van der Waals surface area contributed by atoms with Gasteiger partial charge in [-0.15, -0.1) is 11.8 Å². The van der Waals surface area contributed by atoms with E-state index in [0.29, 0.717) is 0 Å². The van der Waals surface area contributed by atoms with Crippen LogP contribution in [0.2, 0.25) is 0 Å². The van der Waals surface area contributed by atoms with Gasteiger partial charge in [0, 0.05) is 11.1 Å². The van der Waals surface area contributed by atoms with Crippen molar-refractivity contribution in [2.75, 3.05) is 12.4 Å². The van der Waals surface area contributed by atoms with Crippen LogP contribution in [0.25, 0.3) is 0 Å². The molecular weight excluding hydrogens is 142 g/mol. The molecule has 2 heteroatoms. The molecule has 0 saturated heterocycles. The van der Waals surface area contributed by atoms with Gasteiger partial charge in [0.1, 0.15) is 0 Å². The molecule has 62 valence electrons. The maximum atomic E-state index is 3.36. The third-order valence-corrected chi connectivity index (χ3v) is 2.74. The van der Waals surface area contributed by atoms with Crippen molar-refractivity contribution in [2.24, 2.45) is 0 Å². The van der Waals surface area contributed by atoms with Crippen molar-refractivity contribution in [3.05, 3.63) is 0 Å². The fourth-order valence-corrected chi connectivity index (χ4v) is 1.35. The van der Waals surface area contributed by atoms with Crippen LogP contribution in [0.3, 0.4) is 0 Å². The van der Waals surface area contributed by atoms with Gasteiger partial charge in [0.15, 0.2) is 0 Å². The van der Waals surface area contributed by atoms with Crippen LogP contribution < -0.4 is 5.32 Å². The van der Waals surface area contributed by atoms with Gasteiger partial charge >= 0.3 is 0 Å². The third-order valence-electron chi connectivity index (χ3n) is 1.47. The zero-order valence-electron chi connectivity index (χ0n) is 7.31. The van der Waals surface area contributed by atoms with Crippen molar-refractivity contribution in [2.45, 2.75) is 38.9 Å². The molecule has 0 fully saturated rings. The van der Waals surface area contributed by atoms with Crippen molar-refractivity contribution in [3.63, 3.8) is 0 Å². The van der Waals surface area contributed by atoms with E-state index in [-0.39, 0.29) is 0 Å². The van der Waals surface area contributed by atoms with Gasteiger partial charge in [-0.3, -0.25) is 0 Å². The predicted octanol–water partition coefficient (Wildman–Crippen LogP) is 2.48. The van der Waals surface area contributed by atoms with Gasteiger partial charge in [0.2, 0.25) is 0 Å². The molecule has 10 heavy (non-hydrogen) atoms. The molecule has 0 amide bonds. The highest BCUT2D eigenvalue weighted by Gasteiger charge is 1.95. The van der Waals surface area contributed by atoms with E-state index < -0.39 is 0 Å². The summed E-state index contributed by atoms with van der Waals surface area (Å²) >= 11 is 2.01.